The van der Waals surface area contributed by atoms with Crippen LogP contribution < -0.4 is 0 Å². The molecular weight excluding hydrogens is 356 g/mol. The van der Waals surface area contributed by atoms with Crippen molar-refractivity contribution >= 4 is 17.7 Å². The van der Waals surface area contributed by atoms with Crippen LogP contribution in [0.2, 0.25) is 0 Å². The number of carbonyl (C=O) groups is 1. The quantitative estimate of drug-likeness (QED) is 0.567. The maximum atomic E-state index is 13.0. The second-order valence-electron chi connectivity index (χ2n) is 7.38. The Morgan fingerprint density at radius 2 is 1.81 bits per heavy atom. The molecule has 3 fully saturated rings. The number of rotatable bonds is 6. The van der Waals surface area contributed by atoms with E-state index in [1.807, 2.05) is 30.6 Å². The standard InChI is InChI=1S/C21H26N4OS/c1-2-27-21-22-10-17(11-23-21)12-24-14-18-8-9-19(15-24)25(20(18)26)13-16-6-4-3-5-7-16/h3-7,10-11,18-19H,2,8-9,12-15H2,1H3/t18-,19+/m0/s1. The Bertz CT molecular complexity index is 768. The Morgan fingerprint density at radius 1 is 1.04 bits per heavy atom. The van der Waals surface area contributed by atoms with Gasteiger partial charge in [-0.1, -0.05) is 49.0 Å². The van der Waals surface area contributed by atoms with Gasteiger partial charge in [-0.15, -0.1) is 0 Å². The zero-order valence-corrected chi connectivity index (χ0v) is 16.6. The number of amides is 1. The van der Waals surface area contributed by atoms with Crippen molar-refractivity contribution in [3.63, 3.8) is 0 Å². The highest BCUT2D eigenvalue weighted by Crippen LogP contribution is 2.31. The van der Waals surface area contributed by atoms with Crippen molar-refractivity contribution in [3.05, 3.63) is 53.9 Å². The van der Waals surface area contributed by atoms with Gasteiger partial charge in [0.25, 0.3) is 0 Å². The number of fused-ring (bicyclic) bond motifs is 4. The number of carbonyl (C=O) groups excluding carboxylic acids is 1. The second-order valence-corrected chi connectivity index (χ2v) is 8.61. The van der Waals surface area contributed by atoms with Gasteiger partial charge < -0.3 is 4.90 Å². The lowest BCUT2D eigenvalue weighted by atomic mass is 9.93. The third kappa shape index (κ3) is 4.33. The molecule has 2 aromatic rings. The van der Waals surface area contributed by atoms with Gasteiger partial charge in [-0.3, -0.25) is 9.69 Å². The van der Waals surface area contributed by atoms with Crippen molar-refractivity contribution in [1.82, 2.24) is 19.8 Å². The molecule has 6 heteroatoms. The maximum absolute atomic E-state index is 13.0. The smallest absolute Gasteiger partial charge is 0.227 e. The lowest BCUT2D eigenvalue weighted by Crippen LogP contribution is -2.47. The van der Waals surface area contributed by atoms with Gasteiger partial charge in [-0.05, 0) is 24.2 Å². The Morgan fingerprint density at radius 3 is 2.56 bits per heavy atom. The van der Waals surface area contributed by atoms with E-state index in [-0.39, 0.29) is 5.92 Å². The van der Waals surface area contributed by atoms with E-state index in [1.165, 1.54) is 5.56 Å². The third-order valence-corrected chi connectivity index (χ3v) is 6.18. The molecule has 27 heavy (non-hydrogen) atoms. The van der Waals surface area contributed by atoms with Gasteiger partial charge in [-0.25, -0.2) is 9.97 Å². The molecule has 3 aliphatic heterocycles. The monoisotopic (exact) mass is 382 g/mol. The highest BCUT2D eigenvalue weighted by Gasteiger charge is 2.40. The van der Waals surface area contributed by atoms with Crippen molar-refractivity contribution in [2.45, 2.75) is 44.1 Å². The molecule has 142 valence electrons. The maximum Gasteiger partial charge on any atom is 0.227 e. The number of thioether (sulfide) groups is 1. The van der Waals surface area contributed by atoms with Crippen molar-refractivity contribution in [2.75, 3.05) is 18.8 Å². The molecule has 0 radical (unpaired) electrons. The van der Waals surface area contributed by atoms with Crippen LogP contribution in [0.5, 0.6) is 0 Å². The molecule has 3 aliphatic rings. The van der Waals surface area contributed by atoms with Crippen LogP contribution in [0.1, 0.15) is 30.9 Å². The number of piperidine rings is 1. The summed E-state index contributed by atoms with van der Waals surface area (Å²) < 4.78 is 0. The van der Waals surface area contributed by atoms with Crippen molar-refractivity contribution in [2.24, 2.45) is 5.92 Å². The van der Waals surface area contributed by atoms with E-state index >= 15 is 0 Å². The molecule has 1 aromatic heterocycles. The van der Waals surface area contributed by atoms with Gasteiger partial charge in [0.1, 0.15) is 0 Å². The molecule has 2 atom stereocenters. The van der Waals surface area contributed by atoms with Crippen LogP contribution in [0.15, 0.2) is 47.9 Å². The van der Waals surface area contributed by atoms with Gasteiger partial charge >= 0.3 is 0 Å². The summed E-state index contributed by atoms with van der Waals surface area (Å²) in [6.07, 6.45) is 5.97. The fraction of sp³-hybridized carbons (Fsp3) is 0.476. The van der Waals surface area contributed by atoms with Crippen molar-refractivity contribution in [3.8, 4) is 0 Å². The first kappa shape index (κ1) is 18.4. The predicted octanol–water partition coefficient (Wildman–Crippen LogP) is 3.21. The molecule has 0 unspecified atom stereocenters. The third-order valence-electron chi connectivity index (χ3n) is 5.43. The Labute approximate surface area is 165 Å². The Balaban J connectivity index is 1.44. The predicted molar refractivity (Wildman–Crippen MR) is 107 cm³/mol. The van der Waals surface area contributed by atoms with Crippen molar-refractivity contribution < 1.29 is 4.79 Å². The zero-order valence-electron chi connectivity index (χ0n) is 15.8. The number of hydrogen-bond donors (Lipinski definition) is 0. The molecule has 0 saturated carbocycles. The second kappa shape index (κ2) is 8.40. The summed E-state index contributed by atoms with van der Waals surface area (Å²) in [5.41, 5.74) is 2.33. The molecular formula is C21H26N4OS. The van der Waals surface area contributed by atoms with Gasteiger partial charge in [-0.2, -0.15) is 0 Å². The zero-order chi connectivity index (χ0) is 18.6. The van der Waals surface area contributed by atoms with Crippen molar-refractivity contribution in [1.29, 1.82) is 0 Å². The van der Waals surface area contributed by atoms with E-state index in [0.29, 0.717) is 11.9 Å². The summed E-state index contributed by atoms with van der Waals surface area (Å²) in [5, 5.41) is 0.835. The number of nitrogens with zero attached hydrogens (tertiary/aromatic N) is 4. The van der Waals surface area contributed by atoms with E-state index in [2.05, 4.69) is 38.8 Å². The first-order valence-corrected chi connectivity index (χ1v) is 10.7. The van der Waals surface area contributed by atoms with E-state index in [9.17, 15) is 4.79 Å². The van der Waals surface area contributed by atoms with E-state index in [1.54, 1.807) is 11.8 Å². The van der Waals surface area contributed by atoms with E-state index in [4.69, 9.17) is 0 Å². The molecule has 0 N–H and O–H groups in total. The molecule has 4 heterocycles. The largest absolute Gasteiger partial charge is 0.334 e. The number of benzene rings is 1. The molecule has 2 bridgehead atoms. The van der Waals surface area contributed by atoms with Gasteiger partial charge in [0.15, 0.2) is 5.16 Å². The van der Waals surface area contributed by atoms with Crippen LogP contribution in [0, 0.1) is 5.92 Å². The van der Waals surface area contributed by atoms with Crippen LogP contribution in [0.4, 0.5) is 0 Å². The van der Waals surface area contributed by atoms with Crippen LogP contribution >= 0.6 is 11.8 Å². The molecule has 1 aromatic carbocycles. The highest BCUT2D eigenvalue weighted by molar-refractivity contribution is 7.99. The molecule has 1 amide bonds. The number of aromatic nitrogens is 2. The van der Waals surface area contributed by atoms with Crippen LogP contribution in [-0.2, 0) is 17.9 Å². The molecule has 0 spiro atoms. The average Bonchev–Trinajstić information content (AvgIpc) is 2.96. The summed E-state index contributed by atoms with van der Waals surface area (Å²) in [4.78, 5) is 26.4. The summed E-state index contributed by atoms with van der Waals surface area (Å²) in [7, 11) is 0. The molecule has 5 nitrogen and oxygen atoms in total. The molecule has 5 rings (SSSR count). The van der Waals surface area contributed by atoms with Crippen LogP contribution in [0.25, 0.3) is 0 Å². The SMILES string of the molecule is CCSc1ncc(CN2C[C@@H]3CC[C@H](C2)N(Cc2ccccc2)C3=O)cn1. The highest BCUT2D eigenvalue weighted by atomic mass is 32.2. The minimum Gasteiger partial charge on any atom is -0.334 e. The minimum absolute atomic E-state index is 0.114. The lowest BCUT2D eigenvalue weighted by molar-refractivity contribution is -0.140. The summed E-state index contributed by atoms with van der Waals surface area (Å²) in [5.74, 6) is 1.42. The topological polar surface area (TPSA) is 49.3 Å². The fourth-order valence-electron chi connectivity index (χ4n) is 4.13. The van der Waals surface area contributed by atoms with Crippen LogP contribution in [0.3, 0.4) is 0 Å². The first-order valence-electron chi connectivity index (χ1n) is 9.73. The first-order chi connectivity index (χ1) is 13.2. The van der Waals surface area contributed by atoms with E-state index < -0.39 is 0 Å². The summed E-state index contributed by atoms with van der Waals surface area (Å²) >= 11 is 1.66. The Kier molecular flexibility index (Phi) is 5.74. The van der Waals surface area contributed by atoms with Gasteiger partial charge in [0, 0.05) is 50.2 Å². The summed E-state index contributed by atoms with van der Waals surface area (Å²) in [6, 6.07) is 10.6. The van der Waals surface area contributed by atoms with Gasteiger partial charge in [0.05, 0.1) is 5.92 Å². The molecule has 3 saturated heterocycles. The van der Waals surface area contributed by atoms with Gasteiger partial charge in [0.2, 0.25) is 5.91 Å². The fourth-order valence-corrected chi connectivity index (χ4v) is 4.65. The van der Waals surface area contributed by atoms with Crippen LogP contribution in [-0.4, -0.2) is 50.6 Å². The average molecular weight is 383 g/mol. The molecule has 0 aliphatic carbocycles. The minimum atomic E-state index is 0.114. The number of hydrogen-bond acceptors (Lipinski definition) is 5. The Hall–Kier alpha value is -1.92. The summed E-state index contributed by atoms with van der Waals surface area (Å²) in [6.45, 7) is 5.41. The van der Waals surface area contributed by atoms with E-state index in [0.717, 1.165) is 55.5 Å². The lowest BCUT2D eigenvalue weighted by Gasteiger charge is -2.36. The normalized spacial score (nSPS) is 22.9.